The molecule has 1 atom stereocenters. The summed E-state index contributed by atoms with van der Waals surface area (Å²) in [4.78, 5) is 69.6. The predicted octanol–water partition coefficient (Wildman–Crippen LogP) is 4.06. The standard InChI is InChI=1S/C36H55NO13/c1-28(38)26-48-23-21-46-18-8-10-32(40)27-49-24-22-47-20-17-37-34(41)16-13-30(36(44)45)25-31(39)9-6-4-2-3-5-7-19-50-33-14-11-29(12-15-33)35(42)43/h11-12,14-15,30H,2-10,13,16-27H2,1H3,(H,37,41)(H,42,43)(H,44,45)/t30-/m1/s1. The second kappa shape index (κ2) is 29.1. The highest BCUT2D eigenvalue weighted by Gasteiger charge is 2.22. The summed E-state index contributed by atoms with van der Waals surface area (Å²) in [5, 5.41) is 21.1. The molecule has 0 aliphatic rings. The number of carboxylic acids is 2. The number of rotatable bonds is 34. The first-order valence-electron chi connectivity index (χ1n) is 17.4. The highest BCUT2D eigenvalue weighted by molar-refractivity contribution is 5.87. The van der Waals surface area contributed by atoms with Gasteiger partial charge in [-0.3, -0.25) is 24.0 Å². The Balaban J connectivity index is 1.98. The van der Waals surface area contributed by atoms with Crippen LogP contribution in [0.3, 0.4) is 0 Å². The van der Waals surface area contributed by atoms with E-state index in [1.807, 2.05) is 0 Å². The fraction of sp³-hybridized carbons (Fsp3) is 0.667. The lowest BCUT2D eigenvalue weighted by Gasteiger charge is -2.12. The normalized spacial score (nSPS) is 11.5. The summed E-state index contributed by atoms with van der Waals surface area (Å²) in [5.74, 6) is -2.87. The summed E-state index contributed by atoms with van der Waals surface area (Å²) < 4.78 is 26.7. The Hall–Kier alpha value is -3.72. The topological polar surface area (TPSA) is 201 Å². The smallest absolute Gasteiger partial charge is 0.335 e. The molecule has 0 saturated carbocycles. The Labute approximate surface area is 294 Å². The lowest BCUT2D eigenvalue weighted by Crippen LogP contribution is -2.29. The minimum absolute atomic E-state index is 0.00842. The van der Waals surface area contributed by atoms with E-state index in [9.17, 15) is 33.9 Å². The van der Waals surface area contributed by atoms with E-state index in [2.05, 4.69) is 5.32 Å². The van der Waals surface area contributed by atoms with Crippen molar-refractivity contribution in [1.82, 2.24) is 5.32 Å². The highest BCUT2D eigenvalue weighted by Crippen LogP contribution is 2.16. The van der Waals surface area contributed by atoms with Crippen molar-refractivity contribution in [2.75, 3.05) is 66.0 Å². The minimum Gasteiger partial charge on any atom is -0.494 e. The molecule has 14 heteroatoms. The summed E-state index contributed by atoms with van der Waals surface area (Å²) in [7, 11) is 0. The number of aliphatic carboxylic acids is 1. The number of carboxylic acid groups (broad SMARTS) is 2. The van der Waals surface area contributed by atoms with Crippen molar-refractivity contribution in [3.63, 3.8) is 0 Å². The number of benzene rings is 1. The van der Waals surface area contributed by atoms with Crippen LogP contribution < -0.4 is 10.1 Å². The first-order chi connectivity index (χ1) is 24.1. The third kappa shape index (κ3) is 25.3. The van der Waals surface area contributed by atoms with Gasteiger partial charge in [0.25, 0.3) is 0 Å². The first kappa shape index (κ1) is 44.3. The third-order valence-corrected chi connectivity index (χ3v) is 7.39. The number of unbranched alkanes of at least 4 members (excludes halogenated alkanes) is 5. The number of carbonyl (C=O) groups is 6. The van der Waals surface area contributed by atoms with E-state index in [1.54, 1.807) is 12.1 Å². The van der Waals surface area contributed by atoms with Crippen molar-refractivity contribution in [3.05, 3.63) is 29.8 Å². The number of nitrogens with one attached hydrogen (secondary N) is 1. The average Bonchev–Trinajstić information content (AvgIpc) is 3.08. The molecule has 0 fully saturated rings. The Morgan fingerprint density at radius 1 is 0.640 bits per heavy atom. The zero-order chi connectivity index (χ0) is 36.8. The number of amides is 1. The lowest BCUT2D eigenvalue weighted by atomic mass is 9.94. The molecule has 1 aromatic rings. The van der Waals surface area contributed by atoms with Crippen molar-refractivity contribution in [3.8, 4) is 5.75 Å². The quantitative estimate of drug-likeness (QED) is 0.0866. The molecule has 282 valence electrons. The van der Waals surface area contributed by atoms with Gasteiger partial charge in [0, 0.05) is 38.8 Å². The zero-order valence-electron chi connectivity index (χ0n) is 29.3. The lowest BCUT2D eigenvalue weighted by molar-refractivity contribution is -0.144. The van der Waals surface area contributed by atoms with E-state index in [0.29, 0.717) is 57.9 Å². The third-order valence-electron chi connectivity index (χ3n) is 7.39. The number of ketones is 3. The molecule has 1 aromatic carbocycles. The Morgan fingerprint density at radius 2 is 1.24 bits per heavy atom. The van der Waals surface area contributed by atoms with Crippen LogP contribution in [0.4, 0.5) is 0 Å². The Morgan fingerprint density at radius 3 is 1.90 bits per heavy atom. The summed E-state index contributed by atoms with van der Waals surface area (Å²) in [6.45, 7) is 4.08. The van der Waals surface area contributed by atoms with E-state index in [0.717, 1.165) is 32.1 Å². The molecule has 0 unspecified atom stereocenters. The van der Waals surface area contributed by atoms with Gasteiger partial charge in [0.1, 0.15) is 24.7 Å². The maximum atomic E-state index is 12.4. The van der Waals surface area contributed by atoms with Crippen LogP contribution in [0, 0.1) is 5.92 Å². The van der Waals surface area contributed by atoms with Gasteiger partial charge < -0.3 is 39.2 Å². The fourth-order valence-corrected chi connectivity index (χ4v) is 4.65. The maximum Gasteiger partial charge on any atom is 0.335 e. The molecule has 0 bridgehead atoms. The first-order valence-corrected chi connectivity index (χ1v) is 17.4. The van der Waals surface area contributed by atoms with Gasteiger partial charge in [-0.25, -0.2) is 4.79 Å². The van der Waals surface area contributed by atoms with E-state index >= 15 is 0 Å². The zero-order valence-corrected chi connectivity index (χ0v) is 29.3. The molecule has 1 amide bonds. The van der Waals surface area contributed by atoms with Gasteiger partial charge in [-0.05, 0) is 56.9 Å². The van der Waals surface area contributed by atoms with Gasteiger partial charge in [0.15, 0.2) is 11.6 Å². The maximum absolute atomic E-state index is 12.4. The summed E-state index contributed by atoms with van der Waals surface area (Å²) >= 11 is 0. The molecule has 0 heterocycles. The Bertz CT molecular complexity index is 1140. The molecule has 0 aliphatic carbocycles. The SMILES string of the molecule is CC(=O)COCCOCCCC(=O)COCCOCCNC(=O)CC[C@H](CC(=O)CCCCCCCCOc1ccc(C(=O)O)cc1)C(=O)O. The molecular formula is C36H55NO13. The summed E-state index contributed by atoms with van der Waals surface area (Å²) in [6.07, 6.45) is 6.52. The highest BCUT2D eigenvalue weighted by atomic mass is 16.5. The number of carbonyl (C=O) groups excluding carboxylic acids is 4. The second-order valence-corrected chi connectivity index (χ2v) is 11.9. The van der Waals surface area contributed by atoms with Gasteiger partial charge in [-0.2, -0.15) is 0 Å². The molecule has 0 aromatic heterocycles. The van der Waals surface area contributed by atoms with Crippen LogP contribution in [0.2, 0.25) is 0 Å². The van der Waals surface area contributed by atoms with Crippen LogP contribution in [0.1, 0.15) is 94.3 Å². The summed E-state index contributed by atoms with van der Waals surface area (Å²) in [6, 6.07) is 6.28. The molecule has 3 N–H and O–H groups in total. The molecule has 0 radical (unpaired) electrons. The van der Waals surface area contributed by atoms with Crippen molar-refractivity contribution < 1.29 is 62.7 Å². The average molecular weight is 710 g/mol. The van der Waals surface area contributed by atoms with Crippen molar-refractivity contribution in [1.29, 1.82) is 0 Å². The fourth-order valence-electron chi connectivity index (χ4n) is 4.65. The van der Waals surface area contributed by atoms with E-state index < -0.39 is 17.9 Å². The molecule has 14 nitrogen and oxygen atoms in total. The number of aromatic carboxylic acids is 1. The van der Waals surface area contributed by atoms with E-state index in [1.165, 1.54) is 19.1 Å². The second-order valence-electron chi connectivity index (χ2n) is 11.9. The number of hydrogen-bond acceptors (Lipinski definition) is 11. The van der Waals surface area contributed by atoms with Crippen molar-refractivity contribution >= 4 is 35.2 Å². The van der Waals surface area contributed by atoms with Gasteiger partial charge in [-0.15, -0.1) is 0 Å². The number of Topliss-reactive ketones (excluding diaryl/α,β-unsaturated/α-hetero) is 3. The van der Waals surface area contributed by atoms with Gasteiger partial charge in [0.2, 0.25) is 5.91 Å². The van der Waals surface area contributed by atoms with Gasteiger partial charge >= 0.3 is 11.9 Å². The molecular weight excluding hydrogens is 654 g/mol. The van der Waals surface area contributed by atoms with Crippen LogP contribution >= 0.6 is 0 Å². The van der Waals surface area contributed by atoms with Gasteiger partial charge in [-0.1, -0.05) is 25.7 Å². The Kier molecular flexibility index (Phi) is 25.7. The monoisotopic (exact) mass is 709 g/mol. The molecule has 0 aliphatic heterocycles. The van der Waals surface area contributed by atoms with Crippen LogP contribution in [-0.4, -0.2) is 111 Å². The van der Waals surface area contributed by atoms with E-state index in [-0.39, 0.29) is 87.7 Å². The molecule has 50 heavy (non-hydrogen) atoms. The van der Waals surface area contributed by atoms with Crippen molar-refractivity contribution in [2.24, 2.45) is 5.92 Å². The van der Waals surface area contributed by atoms with Gasteiger partial charge in [0.05, 0.1) is 51.1 Å². The predicted molar refractivity (Wildman–Crippen MR) is 182 cm³/mol. The largest absolute Gasteiger partial charge is 0.494 e. The molecule has 0 spiro atoms. The van der Waals surface area contributed by atoms with Crippen LogP contribution in [0.15, 0.2) is 24.3 Å². The number of hydrogen-bond donors (Lipinski definition) is 3. The van der Waals surface area contributed by atoms with Crippen molar-refractivity contribution in [2.45, 2.75) is 84.0 Å². The van der Waals surface area contributed by atoms with E-state index in [4.69, 9.17) is 28.8 Å². The molecule has 0 saturated heterocycles. The van der Waals surface area contributed by atoms with Crippen LogP contribution in [0.25, 0.3) is 0 Å². The summed E-state index contributed by atoms with van der Waals surface area (Å²) in [5.41, 5.74) is 0.213. The van der Waals surface area contributed by atoms with Crippen LogP contribution in [0.5, 0.6) is 5.75 Å². The molecule has 1 rings (SSSR count). The number of ether oxygens (including phenoxy) is 5. The van der Waals surface area contributed by atoms with Crippen LogP contribution in [-0.2, 0) is 42.9 Å². The minimum atomic E-state index is -1.09.